The maximum absolute atomic E-state index is 12.2. The summed E-state index contributed by atoms with van der Waals surface area (Å²) in [6, 6.07) is 23.2. The molecule has 3 aromatic carbocycles. The normalized spacial score (nSPS) is 11.7. The van der Waals surface area contributed by atoms with E-state index in [1.807, 2.05) is 26.0 Å². The summed E-state index contributed by atoms with van der Waals surface area (Å²) in [4.78, 5) is 148. The monoisotopic (exact) mass is 1110 g/mol. The fourth-order valence-electron chi connectivity index (χ4n) is 6.05. The summed E-state index contributed by atoms with van der Waals surface area (Å²) in [6.45, 7) is 8.90. The van der Waals surface area contributed by atoms with E-state index in [2.05, 4.69) is 25.4 Å². The molecule has 0 saturated carbocycles. The first-order valence-corrected chi connectivity index (χ1v) is 24.7. The molecule has 0 saturated heterocycles. The number of hydrogen-bond acceptors (Lipinski definition) is 18. The van der Waals surface area contributed by atoms with Gasteiger partial charge >= 0.3 is 29.8 Å². The zero-order valence-corrected chi connectivity index (χ0v) is 46.6. The Bertz CT molecular complexity index is 2670. The molecule has 0 spiro atoms. The number of amides is 3. The molecule has 21 heteroatoms. The number of esters is 5. The van der Waals surface area contributed by atoms with E-state index in [-0.39, 0.29) is 43.5 Å². The topological polar surface area (TPSA) is 304 Å². The molecule has 3 aromatic rings. The average Bonchev–Trinajstić information content (AvgIpc) is 3.45. The van der Waals surface area contributed by atoms with Crippen LogP contribution in [0.4, 0.5) is 0 Å². The van der Waals surface area contributed by atoms with E-state index in [1.54, 1.807) is 97.1 Å². The minimum Gasteiger partial charge on any atom is -0.469 e. The van der Waals surface area contributed by atoms with E-state index in [1.165, 1.54) is 61.4 Å². The van der Waals surface area contributed by atoms with Crippen molar-refractivity contribution in [3.8, 4) is 0 Å². The van der Waals surface area contributed by atoms with Gasteiger partial charge in [-0.1, -0.05) is 84.5 Å². The van der Waals surface area contributed by atoms with Gasteiger partial charge in [0.05, 0.1) is 34.4 Å². The van der Waals surface area contributed by atoms with Gasteiger partial charge in [0, 0.05) is 43.9 Å². The van der Waals surface area contributed by atoms with Gasteiger partial charge in [-0.25, -0.2) is 14.4 Å². The Morgan fingerprint density at radius 1 is 0.425 bits per heavy atom. The van der Waals surface area contributed by atoms with Crippen LogP contribution in [0, 0.1) is 5.92 Å². The molecule has 3 N–H and O–H groups in total. The van der Waals surface area contributed by atoms with Crippen molar-refractivity contribution in [1.82, 2.24) is 16.0 Å². The molecule has 0 fully saturated rings. The van der Waals surface area contributed by atoms with Crippen LogP contribution >= 0.6 is 0 Å². The summed E-state index contributed by atoms with van der Waals surface area (Å²) < 4.78 is 23.2. The molecule has 0 aromatic heterocycles. The first-order valence-electron chi connectivity index (χ1n) is 24.7. The maximum Gasteiger partial charge on any atom is 0.328 e. The number of hydrogen-bond donors (Lipinski definition) is 3. The quantitative estimate of drug-likeness (QED) is 0.0285. The third kappa shape index (κ3) is 31.7. The van der Waals surface area contributed by atoms with Gasteiger partial charge in [0.1, 0.15) is 30.5 Å². The highest BCUT2D eigenvalue weighted by atomic mass is 16.5. The highest BCUT2D eigenvalue weighted by Crippen LogP contribution is 2.14. The van der Waals surface area contributed by atoms with Gasteiger partial charge in [-0.05, 0) is 101 Å². The zero-order valence-electron chi connectivity index (χ0n) is 46.6. The second-order valence-electron chi connectivity index (χ2n) is 17.0. The lowest BCUT2D eigenvalue weighted by Crippen LogP contribution is -2.41. The van der Waals surface area contributed by atoms with Crippen molar-refractivity contribution in [2.75, 3.05) is 35.0 Å². The van der Waals surface area contributed by atoms with Crippen molar-refractivity contribution in [1.29, 1.82) is 0 Å². The van der Waals surface area contributed by atoms with Crippen LogP contribution in [0.1, 0.15) is 105 Å². The predicted molar refractivity (Wildman–Crippen MR) is 293 cm³/mol. The van der Waals surface area contributed by atoms with Crippen molar-refractivity contribution < 1.29 is 86.0 Å². The Hall–Kier alpha value is -9.27. The van der Waals surface area contributed by atoms with Gasteiger partial charge in [-0.15, -0.1) is 0 Å². The van der Waals surface area contributed by atoms with Crippen molar-refractivity contribution in [2.24, 2.45) is 5.92 Å². The Balaban J connectivity index is 0.00000108. The molecular formula is C59H71N3O18. The summed E-state index contributed by atoms with van der Waals surface area (Å²) in [5.41, 5.74) is 2.44. The van der Waals surface area contributed by atoms with Gasteiger partial charge in [-0.2, -0.15) is 0 Å². The largest absolute Gasteiger partial charge is 0.469 e. The van der Waals surface area contributed by atoms with E-state index < -0.39 is 82.9 Å². The Kier molecular flexibility index (Phi) is 36.2. The summed E-state index contributed by atoms with van der Waals surface area (Å²) in [5, 5.41) is 7.84. The van der Waals surface area contributed by atoms with Gasteiger partial charge in [0.2, 0.25) is 11.6 Å². The lowest BCUT2D eigenvalue weighted by atomic mass is 9.98. The lowest BCUT2D eigenvalue weighted by molar-refractivity contribution is -0.147. The fourth-order valence-corrected chi connectivity index (χ4v) is 6.05. The maximum atomic E-state index is 12.2. The van der Waals surface area contributed by atoms with Crippen molar-refractivity contribution in [3.63, 3.8) is 0 Å². The first-order chi connectivity index (χ1) is 37.9. The summed E-state index contributed by atoms with van der Waals surface area (Å²) in [7, 11) is 5.03. The number of carbonyl (C=O) groups is 13. The van der Waals surface area contributed by atoms with E-state index >= 15 is 0 Å². The molecule has 0 radical (unpaired) electrons. The molecule has 0 heterocycles. The number of benzene rings is 3. The van der Waals surface area contributed by atoms with Crippen LogP contribution in [-0.4, -0.2) is 130 Å². The number of ketones is 5. The van der Waals surface area contributed by atoms with E-state index in [0.29, 0.717) is 29.5 Å². The number of Topliss-reactive ketones (excluding diaryl/α,β-unsaturated/α-hetero) is 3. The number of allylic oxidation sites excluding steroid dienone is 4. The first kappa shape index (κ1) is 70.7. The molecule has 0 bridgehead atoms. The molecule has 0 aliphatic carbocycles. The SMILES string of the molecule is CC(=O)OC/C=C\C(=O)C(C)=O.COC(=O)[C@H](CC=C(C)C)NC(=O)c1ccccc1.COC(=O)[C@H](CC=CC(=O)C(C)=O)NC(=O)c1ccccc1.COC(=O)[C@H](CC=CC[C@H](NC(=O)c1ccccc1)C(=O)OC)CC(C)=O. The van der Waals surface area contributed by atoms with Crippen LogP contribution in [-0.2, 0) is 71.6 Å². The highest BCUT2D eigenvalue weighted by molar-refractivity contribution is 6.41. The van der Waals surface area contributed by atoms with Gasteiger partial charge in [-0.3, -0.25) is 43.2 Å². The van der Waals surface area contributed by atoms with Crippen molar-refractivity contribution in [2.45, 2.75) is 91.8 Å². The third-order valence-electron chi connectivity index (χ3n) is 10.3. The minimum atomic E-state index is -0.936. The number of ether oxygens (including phenoxy) is 5. The molecule has 4 atom stereocenters. The van der Waals surface area contributed by atoms with Gasteiger partial charge < -0.3 is 44.4 Å². The Morgan fingerprint density at radius 3 is 1.09 bits per heavy atom. The fraction of sp³-hybridized carbons (Fsp3) is 0.339. The molecule has 0 unspecified atom stereocenters. The molecule has 3 rings (SSSR count). The number of methoxy groups -OCH3 is 4. The van der Waals surface area contributed by atoms with Crippen LogP contribution in [0.2, 0.25) is 0 Å². The predicted octanol–water partition coefficient (Wildman–Crippen LogP) is 5.70. The van der Waals surface area contributed by atoms with Crippen LogP contribution in [0.25, 0.3) is 0 Å². The number of rotatable bonds is 26. The Morgan fingerprint density at radius 2 is 0.762 bits per heavy atom. The van der Waals surface area contributed by atoms with Crippen molar-refractivity contribution in [3.05, 3.63) is 156 Å². The van der Waals surface area contributed by atoms with E-state index in [4.69, 9.17) is 14.2 Å². The highest BCUT2D eigenvalue weighted by Gasteiger charge is 2.24. The summed E-state index contributed by atoms with van der Waals surface area (Å²) >= 11 is 0. The van der Waals surface area contributed by atoms with Crippen LogP contribution in [0.3, 0.4) is 0 Å². The van der Waals surface area contributed by atoms with Gasteiger partial charge in [0.15, 0.2) is 11.6 Å². The smallest absolute Gasteiger partial charge is 0.328 e. The molecule has 80 heavy (non-hydrogen) atoms. The van der Waals surface area contributed by atoms with Crippen LogP contribution in [0.5, 0.6) is 0 Å². The molecule has 21 nitrogen and oxygen atoms in total. The molecule has 430 valence electrons. The van der Waals surface area contributed by atoms with Crippen molar-refractivity contribution >= 4 is 76.5 Å². The zero-order chi connectivity index (χ0) is 60.6. The second-order valence-corrected chi connectivity index (χ2v) is 17.0. The average molecular weight is 1110 g/mol. The standard InChI is InChI=1S/C20H25NO6.C16H17NO5.C15H19NO3.C8H10O4/c1-14(22)13-16(19(24)26-2)11-7-8-12-17(20(25)27-3)21-18(23)15-9-5-4-6-10-15;1-11(18)14(19)10-6-9-13(16(21)22-2)17-15(20)12-7-4-3-5-8-12;1-11(2)9-10-13(15(18)19-3)16-14(17)12-7-5-4-6-8-12;1-6(9)8(11)4-3-5-12-7(2)10/h4-10,16-17H,11-13H2,1-3H3,(H,21,23);3-8,10,13H,9H2,1-2H3,(H,17,20);4-9,13H,10H2,1-3H3,(H,16,17);3-4H,5H2,1-2H3/b;;;4-3-/t16-,17+;2*13-;/m100./s1. The number of nitrogens with one attached hydrogen (secondary N) is 3. The van der Waals surface area contributed by atoms with Crippen LogP contribution in [0.15, 0.2) is 139 Å². The molecule has 0 aliphatic rings. The second kappa shape index (κ2) is 40.9. The van der Waals surface area contributed by atoms with E-state index in [0.717, 1.165) is 24.6 Å². The molecule has 0 aliphatic heterocycles. The molecular weight excluding hydrogens is 1040 g/mol. The third-order valence-corrected chi connectivity index (χ3v) is 10.3. The van der Waals surface area contributed by atoms with Gasteiger partial charge in [0.25, 0.3) is 17.7 Å². The van der Waals surface area contributed by atoms with E-state index in [9.17, 15) is 62.3 Å². The lowest BCUT2D eigenvalue weighted by Gasteiger charge is -2.15. The Labute approximate surface area is 465 Å². The minimum absolute atomic E-state index is 0.0222. The molecule has 3 amide bonds. The van der Waals surface area contributed by atoms with Crippen LogP contribution < -0.4 is 16.0 Å². The summed E-state index contributed by atoms with van der Waals surface area (Å²) in [6.07, 6.45) is 11.1. The summed E-state index contributed by atoms with van der Waals surface area (Å²) in [5.74, 6) is -6.70. The number of carbonyl (C=O) groups excluding carboxylic acids is 13.